The molecule has 2 heterocycles. The summed E-state index contributed by atoms with van der Waals surface area (Å²) in [6.45, 7) is 2.68. The second-order valence-electron chi connectivity index (χ2n) is 8.07. The number of hydrogen-bond acceptors (Lipinski definition) is 5. The highest BCUT2D eigenvalue weighted by molar-refractivity contribution is 6.31. The minimum absolute atomic E-state index is 0.0430. The van der Waals surface area contributed by atoms with Crippen molar-refractivity contribution >= 4 is 23.3 Å². The summed E-state index contributed by atoms with van der Waals surface area (Å²) in [6.07, 6.45) is -3.00. The molecule has 34 heavy (non-hydrogen) atoms. The number of likely N-dealkylation sites (tertiary alicyclic amines) is 1. The van der Waals surface area contributed by atoms with Crippen molar-refractivity contribution in [3.8, 4) is 0 Å². The molecular weight excluding hydrogens is 482 g/mol. The molecule has 2 unspecified atom stereocenters. The number of pyridine rings is 1. The number of hydrogen-bond donors (Lipinski definition) is 2. The molecule has 1 aromatic rings. The second-order valence-corrected chi connectivity index (χ2v) is 8.48. The number of alkyl halides is 4. The van der Waals surface area contributed by atoms with Gasteiger partial charge in [-0.1, -0.05) is 24.6 Å². The van der Waals surface area contributed by atoms with Crippen LogP contribution in [0.1, 0.15) is 44.4 Å². The van der Waals surface area contributed by atoms with Crippen LogP contribution in [0.15, 0.2) is 29.4 Å². The molecule has 2 N–H and O–H groups in total. The summed E-state index contributed by atoms with van der Waals surface area (Å²) >= 11 is 6.22. The van der Waals surface area contributed by atoms with Gasteiger partial charge in [-0.05, 0) is 31.1 Å². The summed E-state index contributed by atoms with van der Waals surface area (Å²) in [5.74, 6) is 0. The minimum Gasteiger partial charge on any atom is -0.394 e. The van der Waals surface area contributed by atoms with Crippen molar-refractivity contribution in [3.63, 3.8) is 0 Å². The first-order chi connectivity index (χ1) is 15.9. The van der Waals surface area contributed by atoms with E-state index < -0.39 is 36.9 Å². The number of halogens is 5. The quantitative estimate of drug-likeness (QED) is 0.401. The number of piperidine rings is 1. The Labute approximate surface area is 200 Å². The van der Waals surface area contributed by atoms with Crippen LogP contribution in [0.25, 0.3) is 0 Å². The summed E-state index contributed by atoms with van der Waals surface area (Å²) < 4.78 is 56.6. The topological polar surface area (TPSA) is 95.3 Å². The Balaban J connectivity index is 1.99. The van der Waals surface area contributed by atoms with Gasteiger partial charge in [-0.2, -0.15) is 4.99 Å². The minimum atomic E-state index is -4.77. The average Bonchev–Trinajstić information content (AvgIpc) is 2.76. The van der Waals surface area contributed by atoms with Gasteiger partial charge in [0.2, 0.25) is 0 Å². The zero-order valence-corrected chi connectivity index (χ0v) is 19.6. The Hall–Kier alpha value is -2.08. The zero-order chi connectivity index (χ0) is 25.5. The third-order valence-corrected chi connectivity index (χ3v) is 5.63. The molecule has 1 aliphatic rings. The van der Waals surface area contributed by atoms with E-state index in [0.717, 1.165) is 0 Å². The Kier molecular flexibility index (Phi) is 9.98. The number of allylic oxidation sites excluding steroid dienone is 1. The van der Waals surface area contributed by atoms with Crippen molar-refractivity contribution < 1.29 is 37.3 Å². The molecule has 0 bridgehead atoms. The zero-order valence-electron chi connectivity index (χ0n) is 18.9. The van der Waals surface area contributed by atoms with Gasteiger partial charge in [-0.3, -0.25) is 9.72 Å². The SMILES string of the molecule is CCC(/C=C\C(C)=NC(=O)N1CCC(F)(c2ncc(CC(O)CO)cc2Cl)CC1)OC(F)(F)F. The van der Waals surface area contributed by atoms with Crippen LogP contribution in [0.2, 0.25) is 5.02 Å². The van der Waals surface area contributed by atoms with E-state index in [1.807, 2.05) is 0 Å². The Bertz CT molecular complexity index is 903. The van der Waals surface area contributed by atoms with E-state index in [1.54, 1.807) is 0 Å². The first kappa shape index (κ1) is 28.2. The van der Waals surface area contributed by atoms with Crippen molar-refractivity contribution in [1.82, 2.24) is 9.88 Å². The van der Waals surface area contributed by atoms with Crippen LogP contribution in [0.5, 0.6) is 0 Å². The van der Waals surface area contributed by atoms with Crippen molar-refractivity contribution in [2.75, 3.05) is 19.7 Å². The molecule has 12 heteroatoms. The number of aromatic nitrogens is 1. The van der Waals surface area contributed by atoms with E-state index in [4.69, 9.17) is 16.7 Å². The molecule has 0 aromatic carbocycles. The van der Waals surface area contributed by atoms with Crippen LogP contribution in [0.3, 0.4) is 0 Å². The van der Waals surface area contributed by atoms with Crippen LogP contribution in [-0.4, -0.2) is 70.1 Å². The lowest BCUT2D eigenvalue weighted by Gasteiger charge is -2.35. The van der Waals surface area contributed by atoms with Gasteiger partial charge in [0.05, 0.1) is 29.5 Å². The van der Waals surface area contributed by atoms with Gasteiger partial charge in [0, 0.05) is 44.3 Å². The van der Waals surface area contributed by atoms with Gasteiger partial charge >= 0.3 is 12.4 Å². The predicted octanol–water partition coefficient (Wildman–Crippen LogP) is 4.34. The Morgan fingerprint density at radius 2 is 2.06 bits per heavy atom. The van der Waals surface area contributed by atoms with Gasteiger partial charge in [0.15, 0.2) is 5.67 Å². The number of ether oxygens (including phenoxy) is 1. The fraction of sp³-hybridized carbons (Fsp3) is 0.591. The van der Waals surface area contributed by atoms with Crippen molar-refractivity contribution in [3.05, 3.63) is 40.7 Å². The molecule has 2 atom stereocenters. The summed E-state index contributed by atoms with van der Waals surface area (Å²) in [5, 5.41) is 18.6. The number of aliphatic imine (C=N–C) groups is 1. The number of rotatable bonds is 8. The first-order valence-electron chi connectivity index (χ1n) is 10.8. The molecule has 1 saturated heterocycles. The van der Waals surface area contributed by atoms with Crippen molar-refractivity contribution in [1.29, 1.82) is 0 Å². The maximum atomic E-state index is 15.6. The van der Waals surface area contributed by atoms with E-state index in [0.29, 0.717) is 5.56 Å². The van der Waals surface area contributed by atoms with E-state index in [-0.39, 0.29) is 55.2 Å². The molecule has 190 valence electrons. The summed E-state index contributed by atoms with van der Waals surface area (Å²) in [4.78, 5) is 21.8. The van der Waals surface area contributed by atoms with E-state index in [2.05, 4.69) is 14.7 Å². The highest BCUT2D eigenvalue weighted by atomic mass is 35.5. The summed E-state index contributed by atoms with van der Waals surface area (Å²) in [6, 6.07) is 0.870. The smallest absolute Gasteiger partial charge is 0.394 e. The second kappa shape index (κ2) is 12.1. The van der Waals surface area contributed by atoms with Gasteiger partial charge in [0.25, 0.3) is 0 Å². The van der Waals surface area contributed by atoms with Crippen molar-refractivity contribution in [2.45, 2.75) is 63.8 Å². The van der Waals surface area contributed by atoms with Crippen molar-refractivity contribution in [2.24, 2.45) is 4.99 Å². The highest BCUT2D eigenvalue weighted by Gasteiger charge is 2.40. The Morgan fingerprint density at radius 3 is 2.59 bits per heavy atom. The van der Waals surface area contributed by atoms with E-state index >= 15 is 4.39 Å². The lowest BCUT2D eigenvalue weighted by molar-refractivity contribution is -0.336. The normalized spacial score (nSPS) is 18.9. The van der Waals surface area contributed by atoms with Gasteiger partial charge in [-0.25, -0.2) is 9.18 Å². The maximum Gasteiger partial charge on any atom is 0.523 e. The number of aliphatic hydroxyl groups excluding tert-OH is 2. The van der Waals surface area contributed by atoms with E-state index in [1.165, 1.54) is 43.2 Å². The lowest BCUT2D eigenvalue weighted by Crippen LogP contribution is -2.43. The van der Waals surface area contributed by atoms with Crippen LogP contribution in [0, 0.1) is 0 Å². The monoisotopic (exact) mass is 509 g/mol. The van der Waals surface area contributed by atoms with E-state index in [9.17, 15) is 23.1 Å². The van der Waals surface area contributed by atoms with Gasteiger partial charge in [0.1, 0.15) is 0 Å². The molecule has 1 aromatic heterocycles. The molecular formula is C22H28ClF4N3O4. The molecule has 0 spiro atoms. The molecule has 1 aliphatic heterocycles. The molecule has 2 amide bonds. The van der Waals surface area contributed by atoms with Crippen LogP contribution in [0.4, 0.5) is 22.4 Å². The fourth-order valence-corrected chi connectivity index (χ4v) is 3.84. The number of urea groups is 1. The molecule has 2 rings (SSSR count). The summed E-state index contributed by atoms with van der Waals surface area (Å²) in [7, 11) is 0. The third kappa shape index (κ3) is 8.30. The Morgan fingerprint density at radius 1 is 1.41 bits per heavy atom. The number of amides is 2. The first-order valence-corrected chi connectivity index (χ1v) is 11.1. The number of aliphatic hydroxyl groups is 2. The maximum absolute atomic E-state index is 15.6. The third-order valence-electron chi connectivity index (χ3n) is 5.34. The molecule has 0 radical (unpaired) electrons. The van der Waals surface area contributed by atoms with Crippen LogP contribution >= 0.6 is 11.6 Å². The highest BCUT2D eigenvalue weighted by Crippen LogP contribution is 2.39. The fourth-order valence-electron chi connectivity index (χ4n) is 3.48. The van der Waals surface area contributed by atoms with Gasteiger partial charge in [-0.15, -0.1) is 13.2 Å². The van der Waals surface area contributed by atoms with Crippen LogP contribution < -0.4 is 0 Å². The molecule has 0 aliphatic carbocycles. The standard InChI is InChI=1S/C22H28ClF4N3O4/c1-3-17(34-22(25,26)27)5-4-14(2)29-20(33)30-8-6-21(24,7-9-30)19-18(23)11-15(12-28-19)10-16(32)13-31/h4-5,11-12,16-17,31-32H,3,6-10,13H2,1-2H3/b5-4-,29-14?. The predicted molar refractivity (Wildman–Crippen MR) is 119 cm³/mol. The number of carbonyl (C=O) groups excluding carboxylic acids is 1. The number of nitrogens with zero attached hydrogens (tertiary/aromatic N) is 3. The average molecular weight is 510 g/mol. The van der Waals surface area contributed by atoms with Gasteiger partial charge < -0.3 is 15.1 Å². The van der Waals surface area contributed by atoms with Crippen LogP contribution in [-0.2, 0) is 16.8 Å². The summed E-state index contributed by atoms with van der Waals surface area (Å²) in [5.41, 5.74) is -1.07. The largest absolute Gasteiger partial charge is 0.523 e. The molecule has 0 saturated carbocycles. The molecule has 7 nitrogen and oxygen atoms in total. The lowest BCUT2D eigenvalue weighted by atomic mass is 9.89. The number of carbonyl (C=O) groups is 1. The molecule has 1 fully saturated rings.